The van der Waals surface area contributed by atoms with Crippen molar-refractivity contribution in [2.75, 3.05) is 19.8 Å². The largest absolute Gasteiger partial charge is 0.493 e. The molecule has 3 heteroatoms. The lowest BCUT2D eigenvalue weighted by atomic mass is 9.93. The van der Waals surface area contributed by atoms with E-state index >= 15 is 0 Å². The zero-order valence-corrected chi connectivity index (χ0v) is 10.0. The molecular formula is C12H13BrO2. The van der Waals surface area contributed by atoms with Gasteiger partial charge in [-0.1, -0.05) is 28.1 Å². The van der Waals surface area contributed by atoms with Gasteiger partial charge in [0, 0.05) is 0 Å². The molecule has 1 aromatic carbocycles. The van der Waals surface area contributed by atoms with Gasteiger partial charge in [-0.15, -0.1) is 0 Å². The fraction of sp³-hybridized carbons (Fsp3) is 0.500. The van der Waals surface area contributed by atoms with E-state index in [1.807, 2.05) is 0 Å². The van der Waals surface area contributed by atoms with E-state index in [4.69, 9.17) is 9.47 Å². The van der Waals surface area contributed by atoms with Crippen LogP contribution in [0.2, 0.25) is 0 Å². The maximum Gasteiger partial charge on any atom is 0.122 e. The summed E-state index contributed by atoms with van der Waals surface area (Å²) in [4.78, 5) is 0. The molecular weight excluding hydrogens is 256 g/mol. The molecule has 2 aliphatic rings. The maximum absolute atomic E-state index is 5.60. The van der Waals surface area contributed by atoms with E-state index in [0.29, 0.717) is 0 Å². The van der Waals surface area contributed by atoms with Crippen molar-refractivity contribution in [2.24, 2.45) is 0 Å². The number of hydrogen-bond acceptors (Lipinski definition) is 2. The van der Waals surface area contributed by atoms with Crippen LogP contribution in [-0.4, -0.2) is 19.8 Å². The van der Waals surface area contributed by atoms with Crippen LogP contribution in [0.4, 0.5) is 0 Å². The molecule has 0 saturated carbocycles. The molecule has 1 aromatic rings. The van der Waals surface area contributed by atoms with Gasteiger partial charge >= 0.3 is 0 Å². The molecule has 0 amide bonds. The van der Waals surface area contributed by atoms with Gasteiger partial charge in [-0.25, -0.2) is 0 Å². The van der Waals surface area contributed by atoms with Crippen molar-refractivity contribution in [2.45, 2.75) is 17.2 Å². The molecule has 15 heavy (non-hydrogen) atoms. The van der Waals surface area contributed by atoms with Crippen LogP contribution in [0.15, 0.2) is 18.2 Å². The molecule has 3 rings (SSSR count). The average molecular weight is 269 g/mol. The van der Waals surface area contributed by atoms with Crippen LogP contribution < -0.4 is 4.74 Å². The summed E-state index contributed by atoms with van der Waals surface area (Å²) >= 11 is 3.74. The Hall–Kier alpha value is -0.540. The van der Waals surface area contributed by atoms with Crippen molar-refractivity contribution >= 4 is 15.9 Å². The van der Waals surface area contributed by atoms with Gasteiger partial charge in [0.2, 0.25) is 0 Å². The van der Waals surface area contributed by atoms with Crippen molar-refractivity contribution in [3.63, 3.8) is 0 Å². The lowest BCUT2D eigenvalue weighted by Crippen LogP contribution is -2.41. The highest BCUT2D eigenvalue weighted by Crippen LogP contribution is 2.40. The van der Waals surface area contributed by atoms with E-state index in [1.165, 1.54) is 11.1 Å². The second-order valence-corrected chi connectivity index (χ2v) is 5.75. The van der Waals surface area contributed by atoms with Gasteiger partial charge in [-0.05, 0) is 30.0 Å². The first-order valence-electron chi connectivity index (χ1n) is 5.31. The van der Waals surface area contributed by atoms with Gasteiger partial charge < -0.3 is 9.47 Å². The number of hydrogen-bond donors (Lipinski definition) is 0. The third kappa shape index (κ3) is 1.58. The predicted octanol–water partition coefficient (Wildman–Crippen LogP) is 2.63. The fourth-order valence-corrected chi connectivity index (χ4v) is 2.66. The number of halogens is 1. The molecule has 1 saturated heterocycles. The molecule has 0 aliphatic carbocycles. The maximum atomic E-state index is 5.60. The number of benzene rings is 1. The van der Waals surface area contributed by atoms with Gasteiger partial charge in [0.25, 0.3) is 0 Å². The summed E-state index contributed by atoms with van der Waals surface area (Å²) in [5.74, 6) is 1.06. The minimum absolute atomic E-state index is 0.0550. The Morgan fingerprint density at radius 1 is 1.27 bits per heavy atom. The molecule has 0 spiro atoms. The van der Waals surface area contributed by atoms with Crippen molar-refractivity contribution < 1.29 is 9.47 Å². The standard InChI is InChI=1S/C12H13BrO2/c13-12(7-14-8-12)10-3-4-11-9(6-10)2-1-5-15-11/h3-4,6H,1-2,5,7-8H2. The molecule has 1 fully saturated rings. The minimum Gasteiger partial charge on any atom is -0.493 e. The third-order valence-electron chi connectivity index (χ3n) is 3.09. The average Bonchev–Trinajstić information content (AvgIpc) is 2.25. The summed E-state index contributed by atoms with van der Waals surface area (Å²) in [7, 11) is 0. The highest BCUT2D eigenvalue weighted by atomic mass is 79.9. The number of ether oxygens (including phenoxy) is 2. The molecule has 0 atom stereocenters. The van der Waals surface area contributed by atoms with E-state index in [1.54, 1.807) is 0 Å². The van der Waals surface area contributed by atoms with E-state index in [-0.39, 0.29) is 4.32 Å². The van der Waals surface area contributed by atoms with E-state index in [9.17, 15) is 0 Å². The van der Waals surface area contributed by atoms with Gasteiger partial charge in [0.1, 0.15) is 5.75 Å². The Bertz CT molecular complexity index is 385. The van der Waals surface area contributed by atoms with Crippen LogP contribution in [-0.2, 0) is 15.5 Å². The van der Waals surface area contributed by atoms with Crippen LogP contribution in [0.25, 0.3) is 0 Å². The molecule has 0 aromatic heterocycles. The topological polar surface area (TPSA) is 18.5 Å². The molecule has 80 valence electrons. The Kier molecular flexibility index (Phi) is 2.25. The highest BCUT2D eigenvalue weighted by molar-refractivity contribution is 9.09. The molecule has 0 unspecified atom stereocenters. The summed E-state index contributed by atoms with van der Waals surface area (Å²) < 4.78 is 10.9. The van der Waals surface area contributed by atoms with Crippen LogP contribution in [0, 0.1) is 0 Å². The van der Waals surface area contributed by atoms with Crippen molar-refractivity contribution in [3.8, 4) is 5.75 Å². The SMILES string of the molecule is BrC1(c2ccc3c(c2)CCCO3)COC1. The van der Waals surface area contributed by atoms with Gasteiger partial charge in [-0.2, -0.15) is 0 Å². The van der Waals surface area contributed by atoms with Crippen LogP contribution in [0.1, 0.15) is 17.5 Å². The summed E-state index contributed by atoms with van der Waals surface area (Å²) in [5, 5.41) is 0. The van der Waals surface area contributed by atoms with E-state index < -0.39 is 0 Å². The molecule has 0 N–H and O–H groups in total. The lowest BCUT2D eigenvalue weighted by Gasteiger charge is -2.37. The first-order chi connectivity index (χ1) is 7.28. The molecule has 2 heterocycles. The smallest absolute Gasteiger partial charge is 0.122 e. The fourth-order valence-electron chi connectivity index (χ4n) is 2.09. The summed E-state index contributed by atoms with van der Waals surface area (Å²) in [6, 6.07) is 6.48. The third-order valence-corrected chi connectivity index (χ3v) is 4.00. The Balaban J connectivity index is 1.97. The van der Waals surface area contributed by atoms with Crippen LogP contribution in [0.5, 0.6) is 5.75 Å². The number of aryl methyl sites for hydroxylation is 1. The Labute approximate surface area is 97.7 Å². The summed E-state index contributed by atoms with van der Waals surface area (Å²) in [6.07, 6.45) is 2.26. The lowest BCUT2D eigenvalue weighted by molar-refractivity contribution is -0.00705. The minimum atomic E-state index is 0.0550. The monoisotopic (exact) mass is 268 g/mol. The summed E-state index contributed by atoms with van der Waals surface area (Å²) in [5.41, 5.74) is 2.66. The number of alkyl halides is 1. The van der Waals surface area contributed by atoms with E-state index in [2.05, 4.69) is 34.1 Å². The molecule has 2 aliphatic heterocycles. The second kappa shape index (κ2) is 3.49. The van der Waals surface area contributed by atoms with E-state index in [0.717, 1.165) is 38.4 Å². The number of rotatable bonds is 1. The van der Waals surface area contributed by atoms with Gasteiger partial charge in [0.05, 0.1) is 24.1 Å². The van der Waals surface area contributed by atoms with Gasteiger partial charge in [-0.3, -0.25) is 0 Å². The highest BCUT2D eigenvalue weighted by Gasteiger charge is 2.37. The Morgan fingerprint density at radius 2 is 2.13 bits per heavy atom. The quantitative estimate of drug-likeness (QED) is 0.730. The predicted molar refractivity (Wildman–Crippen MR) is 61.7 cm³/mol. The normalized spacial score (nSPS) is 22.5. The zero-order chi connectivity index (χ0) is 10.3. The Morgan fingerprint density at radius 3 is 2.87 bits per heavy atom. The van der Waals surface area contributed by atoms with Crippen molar-refractivity contribution in [1.82, 2.24) is 0 Å². The first-order valence-corrected chi connectivity index (χ1v) is 6.10. The molecule has 0 bridgehead atoms. The molecule has 0 radical (unpaired) electrons. The summed E-state index contributed by atoms with van der Waals surface area (Å²) in [6.45, 7) is 2.40. The zero-order valence-electron chi connectivity index (χ0n) is 8.46. The van der Waals surface area contributed by atoms with Gasteiger partial charge in [0.15, 0.2) is 0 Å². The molecule has 2 nitrogen and oxygen atoms in total. The van der Waals surface area contributed by atoms with Crippen LogP contribution >= 0.6 is 15.9 Å². The second-order valence-electron chi connectivity index (χ2n) is 4.23. The van der Waals surface area contributed by atoms with Crippen molar-refractivity contribution in [1.29, 1.82) is 0 Å². The number of fused-ring (bicyclic) bond motifs is 1. The van der Waals surface area contributed by atoms with Crippen molar-refractivity contribution in [3.05, 3.63) is 29.3 Å². The van der Waals surface area contributed by atoms with Crippen LogP contribution in [0.3, 0.4) is 0 Å². The first kappa shape index (κ1) is 9.67.